The molecule has 1 aromatic rings. The lowest BCUT2D eigenvalue weighted by Crippen LogP contribution is -2.16. The number of halogens is 1. The third-order valence-electron chi connectivity index (χ3n) is 2.21. The van der Waals surface area contributed by atoms with Crippen LogP contribution in [0.25, 0.3) is 0 Å². The molecule has 1 heterocycles. The minimum absolute atomic E-state index is 0.778. The summed E-state index contributed by atoms with van der Waals surface area (Å²) in [6, 6.07) is 3.87. The first-order chi connectivity index (χ1) is 7.83. The molecule has 0 saturated heterocycles. The Morgan fingerprint density at radius 3 is 2.81 bits per heavy atom. The molecule has 0 spiro atoms. The number of ether oxygens (including phenoxy) is 1. The summed E-state index contributed by atoms with van der Waals surface area (Å²) in [4.78, 5) is 0. The number of hydrogen-bond acceptors (Lipinski definition) is 3. The van der Waals surface area contributed by atoms with Crippen LogP contribution in [0.2, 0.25) is 0 Å². The lowest BCUT2D eigenvalue weighted by atomic mass is 10.3. The minimum Gasteiger partial charge on any atom is -0.453 e. The first kappa shape index (κ1) is 13.7. The Labute approximate surface area is 106 Å². The van der Waals surface area contributed by atoms with Crippen molar-refractivity contribution in [2.45, 2.75) is 32.7 Å². The van der Waals surface area contributed by atoms with Crippen LogP contribution in [0.3, 0.4) is 0 Å². The van der Waals surface area contributed by atoms with E-state index in [1.54, 1.807) is 0 Å². The molecule has 0 aliphatic heterocycles. The van der Waals surface area contributed by atoms with E-state index in [2.05, 4.69) is 28.2 Å². The van der Waals surface area contributed by atoms with Crippen LogP contribution in [0.1, 0.15) is 31.9 Å². The van der Waals surface area contributed by atoms with Crippen LogP contribution < -0.4 is 5.32 Å². The quantitative estimate of drug-likeness (QED) is 0.708. The van der Waals surface area contributed by atoms with Gasteiger partial charge in [0.05, 0.1) is 6.54 Å². The fourth-order valence-corrected chi connectivity index (χ4v) is 1.65. The Hall–Kier alpha value is -0.320. The van der Waals surface area contributed by atoms with E-state index in [1.165, 1.54) is 6.42 Å². The van der Waals surface area contributed by atoms with Crippen LogP contribution in [0, 0.1) is 0 Å². The number of hydrogen-bond donors (Lipinski definition) is 1. The Bertz CT molecular complexity index is 276. The van der Waals surface area contributed by atoms with Crippen LogP contribution in [-0.4, -0.2) is 19.8 Å². The zero-order valence-corrected chi connectivity index (χ0v) is 11.4. The van der Waals surface area contributed by atoms with Gasteiger partial charge in [0.1, 0.15) is 5.76 Å². The highest BCUT2D eigenvalue weighted by atomic mass is 79.9. The molecule has 0 aliphatic carbocycles. The maximum Gasteiger partial charge on any atom is 0.169 e. The van der Waals surface area contributed by atoms with Crippen LogP contribution in [0.5, 0.6) is 0 Å². The van der Waals surface area contributed by atoms with Crippen molar-refractivity contribution >= 4 is 15.9 Å². The van der Waals surface area contributed by atoms with Crippen LogP contribution in [-0.2, 0) is 11.3 Å². The second-order valence-electron chi connectivity index (χ2n) is 3.70. The Balaban J connectivity index is 1.88. The summed E-state index contributed by atoms with van der Waals surface area (Å²) in [6.07, 6.45) is 3.41. The molecule has 3 nitrogen and oxygen atoms in total. The van der Waals surface area contributed by atoms with Gasteiger partial charge in [-0.15, -0.1) is 0 Å². The normalized spacial score (nSPS) is 10.9. The topological polar surface area (TPSA) is 34.4 Å². The van der Waals surface area contributed by atoms with Gasteiger partial charge in [0, 0.05) is 13.2 Å². The van der Waals surface area contributed by atoms with E-state index >= 15 is 0 Å². The molecule has 1 rings (SSSR count). The third-order valence-corrected chi connectivity index (χ3v) is 2.64. The summed E-state index contributed by atoms with van der Waals surface area (Å²) >= 11 is 3.28. The zero-order valence-electron chi connectivity index (χ0n) is 9.80. The average molecular weight is 290 g/mol. The van der Waals surface area contributed by atoms with Crippen molar-refractivity contribution in [3.05, 3.63) is 22.6 Å². The third kappa shape index (κ3) is 6.30. The summed E-state index contributed by atoms with van der Waals surface area (Å²) in [5.74, 6) is 0.957. The lowest BCUT2D eigenvalue weighted by molar-refractivity contribution is 0.128. The van der Waals surface area contributed by atoms with Gasteiger partial charge < -0.3 is 14.5 Å². The molecule has 16 heavy (non-hydrogen) atoms. The van der Waals surface area contributed by atoms with E-state index in [0.717, 1.165) is 49.6 Å². The Morgan fingerprint density at radius 1 is 1.31 bits per heavy atom. The van der Waals surface area contributed by atoms with Gasteiger partial charge in [0.2, 0.25) is 0 Å². The van der Waals surface area contributed by atoms with E-state index in [-0.39, 0.29) is 0 Å². The van der Waals surface area contributed by atoms with Crippen molar-refractivity contribution in [1.29, 1.82) is 0 Å². The van der Waals surface area contributed by atoms with Crippen molar-refractivity contribution in [3.63, 3.8) is 0 Å². The molecule has 0 atom stereocenters. The monoisotopic (exact) mass is 289 g/mol. The van der Waals surface area contributed by atoms with Gasteiger partial charge in [-0.3, -0.25) is 0 Å². The maximum absolute atomic E-state index is 5.46. The SMILES string of the molecule is CCCCOCCCNCc1ccc(Br)o1. The number of unbranched alkanes of at least 4 members (excludes halogenated alkanes) is 1. The van der Waals surface area contributed by atoms with Crippen molar-refractivity contribution < 1.29 is 9.15 Å². The zero-order chi connectivity index (χ0) is 11.6. The Kier molecular flexibility index (Phi) is 7.55. The van der Waals surface area contributed by atoms with E-state index in [0.29, 0.717) is 0 Å². The Morgan fingerprint density at radius 2 is 2.12 bits per heavy atom. The van der Waals surface area contributed by atoms with Crippen LogP contribution >= 0.6 is 15.9 Å². The van der Waals surface area contributed by atoms with Gasteiger partial charge in [0.25, 0.3) is 0 Å². The van der Waals surface area contributed by atoms with Crippen molar-refractivity contribution in [1.82, 2.24) is 5.32 Å². The average Bonchev–Trinajstić information content (AvgIpc) is 2.68. The van der Waals surface area contributed by atoms with Crippen molar-refractivity contribution in [3.8, 4) is 0 Å². The molecule has 1 N–H and O–H groups in total. The first-order valence-corrected chi connectivity index (χ1v) is 6.65. The minimum atomic E-state index is 0.778. The molecule has 0 unspecified atom stereocenters. The maximum atomic E-state index is 5.46. The molecule has 0 saturated carbocycles. The van der Waals surface area contributed by atoms with Gasteiger partial charge in [-0.25, -0.2) is 0 Å². The summed E-state index contributed by atoms with van der Waals surface area (Å²) in [5, 5.41) is 3.31. The number of furan rings is 1. The molecular weight excluding hydrogens is 270 g/mol. The number of rotatable bonds is 9. The van der Waals surface area contributed by atoms with E-state index in [9.17, 15) is 0 Å². The number of nitrogens with one attached hydrogen (secondary N) is 1. The molecule has 0 fully saturated rings. The summed E-state index contributed by atoms with van der Waals surface area (Å²) in [5.41, 5.74) is 0. The molecule has 0 aliphatic rings. The smallest absolute Gasteiger partial charge is 0.169 e. The van der Waals surface area contributed by atoms with Gasteiger partial charge in [-0.1, -0.05) is 13.3 Å². The molecule has 0 radical (unpaired) electrons. The molecular formula is C12H20BrNO2. The van der Waals surface area contributed by atoms with Crippen LogP contribution in [0.4, 0.5) is 0 Å². The van der Waals surface area contributed by atoms with E-state index < -0.39 is 0 Å². The lowest BCUT2D eigenvalue weighted by Gasteiger charge is -2.04. The molecule has 0 amide bonds. The molecule has 0 aromatic carbocycles. The fourth-order valence-electron chi connectivity index (χ4n) is 1.31. The predicted molar refractivity (Wildman–Crippen MR) is 68.5 cm³/mol. The predicted octanol–water partition coefficient (Wildman–Crippen LogP) is 3.34. The molecule has 4 heteroatoms. The second kappa shape index (κ2) is 8.79. The summed E-state index contributed by atoms with van der Waals surface area (Å²) in [7, 11) is 0. The largest absolute Gasteiger partial charge is 0.453 e. The van der Waals surface area contributed by atoms with Gasteiger partial charge in [-0.2, -0.15) is 0 Å². The standard InChI is InChI=1S/C12H20BrNO2/c1-2-3-8-15-9-4-7-14-10-11-5-6-12(13)16-11/h5-6,14H,2-4,7-10H2,1H3. The summed E-state index contributed by atoms with van der Waals surface area (Å²) < 4.78 is 11.6. The van der Waals surface area contributed by atoms with Crippen LogP contribution in [0.15, 0.2) is 21.2 Å². The molecule has 92 valence electrons. The van der Waals surface area contributed by atoms with Crippen molar-refractivity contribution in [2.24, 2.45) is 0 Å². The second-order valence-corrected chi connectivity index (χ2v) is 4.48. The highest BCUT2D eigenvalue weighted by Gasteiger charge is 1.97. The van der Waals surface area contributed by atoms with Gasteiger partial charge in [-0.05, 0) is 47.4 Å². The highest BCUT2D eigenvalue weighted by molar-refractivity contribution is 9.10. The fraction of sp³-hybridized carbons (Fsp3) is 0.667. The molecule has 1 aromatic heterocycles. The van der Waals surface area contributed by atoms with Gasteiger partial charge >= 0.3 is 0 Å². The van der Waals surface area contributed by atoms with E-state index in [1.807, 2.05) is 12.1 Å². The van der Waals surface area contributed by atoms with Crippen molar-refractivity contribution in [2.75, 3.05) is 19.8 Å². The molecule has 0 bridgehead atoms. The highest BCUT2D eigenvalue weighted by Crippen LogP contribution is 2.13. The van der Waals surface area contributed by atoms with E-state index in [4.69, 9.17) is 9.15 Å². The summed E-state index contributed by atoms with van der Waals surface area (Å²) in [6.45, 7) is 5.65. The van der Waals surface area contributed by atoms with Gasteiger partial charge in [0.15, 0.2) is 4.67 Å². The first-order valence-electron chi connectivity index (χ1n) is 5.85.